The Morgan fingerprint density at radius 2 is 1.66 bits per heavy atom. The van der Waals surface area contributed by atoms with E-state index in [1.54, 1.807) is 45.0 Å². The number of aromatic nitrogens is 1. The first-order valence-electron chi connectivity index (χ1n) is 15.7. The van der Waals surface area contributed by atoms with Crippen molar-refractivity contribution >= 4 is 11.9 Å². The van der Waals surface area contributed by atoms with Crippen LogP contribution in [0.4, 0.5) is 17.6 Å². The van der Waals surface area contributed by atoms with Crippen molar-refractivity contribution in [3.8, 4) is 11.1 Å². The molecule has 1 N–H and O–H groups in total. The van der Waals surface area contributed by atoms with Crippen molar-refractivity contribution in [2.75, 3.05) is 27.2 Å². The number of likely N-dealkylation sites (N-methyl/N-ethyl adjacent to an activating group) is 1. The smallest absolute Gasteiger partial charge is 0.416 e. The number of hydrogen-bond acceptors (Lipinski definition) is 5. The maximum Gasteiger partial charge on any atom is 0.416 e. The molecule has 0 bridgehead atoms. The molecule has 2 atom stereocenters. The highest BCUT2D eigenvalue weighted by atomic mass is 19.4. The molecule has 0 aliphatic carbocycles. The second-order valence-electron chi connectivity index (χ2n) is 12.7. The number of carbonyl (C=O) groups is 2. The van der Waals surface area contributed by atoms with Crippen LogP contribution in [0.5, 0.6) is 0 Å². The van der Waals surface area contributed by atoms with Crippen molar-refractivity contribution in [1.82, 2.24) is 14.8 Å². The van der Waals surface area contributed by atoms with E-state index in [1.807, 2.05) is 45.9 Å². The second-order valence-corrected chi connectivity index (χ2v) is 12.7. The number of pyridine rings is 1. The Kier molecular flexibility index (Phi) is 12.5. The summed E-state index contributed by atoms with van der Waals surface area (Å²) in [5.41, 5.74) is 1.67. The molecule has 1 heterocycles. The van der Waals surface area contributed by atoms with E-state index in [-0.39, 0.29) is 43.0 Å². The topological polar surface area (TPSA) is 80.6 Å². The van der Waals surface area contributed by atoms with Gasteiger partial charge in [-0.25, -0.2) is 4.39 Å². The zero-order valence-corrected chi connectivity index (χ0v) is 28.3. The molecule has 0 radical (unpaired) electrons. The van der Waals surface area contributed by atoms with Gasteiger partial charge < -0.3 is 19.5 Å². The van der Waals surface area contributed by atoms with Gasteiger partial charge in [-0.05, 0) is 106 Å². The molecule has 7 nitrogen and oxygen atoms in total. The van der Waals surface area contributed by atoms with Crippen LogP contribution in [0.25, 0.3) is 11.1 Å². The van der Waals surface area contributed by atoms with Crippen LogP contribution < -0.4 is 10.9 Å². The Morgan fingerprint density at radius 1 is 1.02 bits per heavy atom. The number of ether oxygens (including phenoxy) is 1. The van der Waals surface area contributed by atoms with Gasteiger partial charge in [-0.3, -0.25) is 14.4 Å². The van der Waals surface area contributed by atoms with E-state index in [2.05, 4.69) is 5.32 Å². The molecule has 0 aliphatic rings. The lowest BCUT2D eigenvalue weighted by molar-refractivity contribution is -0.144. The summed E-state index contributed by atoms with van der Waals surface area (Å²) in [6.45, 7) is 11.1. The lowest BCUT2D eigenvalue weighted by Gasteiger charge is -2.27. The van der Waals surface area contributed by atoms with E-state index >= 15 is 4.39 Å². The highest BCUT2D eigenvalue weighted by molar-refractivity contribution is 5.82. The van der Waals surface area contributed by atoms with Crippen LogP contribution in [0.1, 0.15) is 79.1 Å². The number of amides is 1. The molecule has 0 saturated heterocycles. The van der Waals surface area contributed by atoms with Crippen molar-refractivity contribution in [2.45, 2.75) is 79.1 Å². The van der Waals surface area contributed by atoms with Gasteiger partial charge in [0.25, 0.3) is 5.56 Å². The molecule has 3 aromatic rings. The molecule has 2 aromatic carbocycles. The van der Waals surface area contributed by atoms with Crippen molar-refractivity contribution in [3.63, 3.8) is 0 Å². The summed E-state index contributed by atoms with van der Waals surface area (Å²) >= 11 is 0. The number of esters is 1. The number of nitrogens with one attached hydrogen (secondary N) is 1. The van der Waals surface area contributed by atoms with Crippen LogP contribution >= 0.6 is 0 Å². The van der Waals surface area contributed by atoms with Gasteiger partial charge in [0.2, 0.25) is 5.91 Å². The molecule has 0 spiro atoms. The lowest BCUT2D eigenvalue weighted by atomic mass is 9.90. The monoisotopic (exact) mass is 659 g/mol. The normalized spacial score (nSPS) is 13.1. The van der Waals surface area contributed by atoms with Crippen molar-refractivity contribution < 1.29 is 31.9 Å². The third-order valence-corrected chi connectivity index (χ3v) is 8.05. The number of benzene rings is 2. The molecular formula is C36H45F4N3O4. The highest BCUT2D eigenvalue weighted by Gasteiger charge is 2.36. The van der Waals surface area contributed by atoms with E-state index in [0.29, 0.717) is 17.2 Å². The molecule has 3 rings (SSSR count). The summed E-state index contributed by atoms with van der Waals surface area (Å²) in [7, 11) is 3.44. The zero-order chi connectivity index (χ0) is 35.2. The van der Waals surface area contributed by atoms with E-state index < -0.39 is 53.5 Å². The number of hydrogen-bond donors (Lipinski definition) is 1. The fourth-order valence-electron chi connectivity index (χ4n) is 5.79. The molecular weight excluding hydrogens is 614 g/mol. The minimum absolute atomic E-state index is 0.0147. The molecule has 1 amide bonds. The Morgan fingerprint density at radius 3 is 2.21 bits per heavy atom. The number of aryl methyl sites for hydroxylation is 3. The van der Waals surface area contributed by atoms with Crippen LogP contribution in [0.2, 0.25) is 0 Å². The molecule has 0 aliphatic heterocycles. The first-order chi connectivity index (χ1) is 21.9. The van der Waals surface area contributed by atoms with Crippen LogP contribution in [0.15, 0.2) is 47.4 Å². The zero-order valence-electron chi connectivity index (χ0n) is 28.3. The fourth-order valence-corrected chi connectivity index (χ4v) is 5.79. The fraction of sp³-hybridized carbons (Fsp3) is 0.472. The van der Waals surface area contributed by atoms with Gasteiger partial charge in [-0.15, -0.1) is 0 Å². The van der Waals surface area contributed by atoms with Gasteiger partial charge in [0.1, 0.15) is 11.9 Å². The highest BCUT2D eigenvalue weighted by Crippen LogP contribution is 2.35. The lowest BCUT2D eigenvalue weighted by Crippen LogP contribution is -2.41. The predicted molar refractivity (Wildman–Crippen MR) is 175 cm³/mol. The van der Waals surface area contributed by atoms with Gasteiger partial charge in [0.15, 0.2) is 0 Å². The SMILES string of the molecule is CCOC(=O)C[C@H](NC(=O)C(CC(C)C)n1cc(CCN(C)C)c(C(F)(F)F)cc1=O)c1cc(-c2c(C)cccc2C)cc(C)c1F. The minimum atomic E-state index is -4.77. The van der Waals surface area contributed by atoms with Gasteiger partial charge in [0, 0.05) is 24.4 Å². The number of nitrogens with zero attached hydrogens (tertiary/aromatic N) is 2. The molecule has 256 valence electrons. The summed E-state index contributed by atoms with van der Waals surface area (Å²) in [4.78, 5) is 41.8. The average Bonchev–Trinajstić information content (AvgIpc) is 2.96. The third kappa shape index (κ3) is 9.53. The van der Waals surface area contributed by atoms with E-state index in [4.69, 9.17) is 4.74 Å². The Hall–Kier alpha value is -3.99. The van der Waals surface area contributed by atoms with Gasteiger partial charge in [-0.1, -0.05) is 32.0 Å². The number of halogens is 4. The van der Waals surface area contributed by atoms with Gasteiger partial charge >= 0.3 is 12.1 Å². The molecule has 1 aromatic heterocycles. The predicted octanol–water partition coefficient (Wildman–Crippen LogP) is 7.10. The quantitative estimate of drug-likeness (QED) is 0.157. The van der Waals surface area contributed by atoms with Crippen molar-refractivity contribution in [1.29, 1.82) is 0 Å². The van der Waals surface area contributed by atoms with Crippen molar-refractivity contribution in [2.24, 2.45) is 5.92 Å². The Balaban J connectivity index is 2.17. The molecule has 0 fully saturated rings. The largest absolute Gasteiger partial charge is 0.466 e. The van der Waals surface area contributed by atoms with Gasteiger partial charge in [0.05, 0.1) is 24.6 Å². The number of carbonyl (C=O) groups excluding carboxylic acids is 2. The summed E-state index contributed by atoms with van der Waals surface area (Å²) < 4.78 is 64.0. The first kappa shape index (κ1) is 37.5. The molecule has 47 heavy (non-hydrogen) atoms. The number of alkyl halides is 3. The first-order valence-corrected chi connectivity index (χ1v) is 15.7. The maximum absolute atomic E-state index is 15.9. The van der Waals surface area contributed by atoms with Crippen LogP contribution in [0.3, 0.4) is 0 Å². The summed E-state index contributed by atoms with van der Waals surface area (Å²) in [6, 6.07) is 7.18. The maximum atomic E-state index is 15.9. The van der Waals surface area contributed by atoms with E-state index in [9.17, 15) is 27.6 Å². The van der Waals surface area contributed by atoms with Crippen LogP contribution in [-0.2, 0) is 26.9 Å². The van der Waals surface area contributed by atoms with Crippen LogP contribution in [0, 0.1) is 32.5 Å². The Labute approximate surface area is 273 Å². The third-order valence-electron chi connectivity index (χ3n) is 8.05. The second kappa shape index (κ2) is 15.7. The summed E-state index contributed by atoms with van der Waals surface area (Å²) in [6.07, 6.45) is -3.99. The van der Waals surface area contributed by atoms with E-state index in [0.717, 1.165) is 27.5 Å². The van der Waals surface area contributed by atoms with Crippen LogP contribution in [-0.4, -0.2) is 48.6 Å². The summed E-state index contributed by atoms with van der Waals surface area (Å²) in [5.74, 6) is -2.18. The minimum Gasteiger partial charge on any atom is -0.466 e. The molecule has 1 unspecified atom stereocenters. The Bertz CT molecular complexity index is 1630. The molecule has 11 heteroatoms. The van der Waals surface area contributed by atoms with Gasteiger partial charge in [-0.2, -0.15) is 13.2 Å². The van der Waals surface area contributed by atoms with E-state index in [1.165, 1.54) is 0 Å². The number of rotatable bonds is 13. The summed E-state index contributed by atoms with van der Waals surface area (Å²) in [5, 5.41) is 2.77. The average molecular weight is 660 g/mol. The standard InChI is InChI=1S/C36H45F4N3O4/c1-9-47-32(45)19-29(27-17-26(16-24(6)34(27)37)33-22(4)11-10-12-23(33)5)41-35(46)30(15-21(2)3)43-20-25(13-14-42(7)8)28(18-31(43)44)36(38,39)40/h10-12,16-18,20-21,29-30H,9,13-15,19H2,1-8H3,(H,41,46)/t29-,30?/m0/s1. The van der Waals surface area contributed by atoms with Crippen molar-refractivity contribution in [3.05, 3.63) is 92.1 Å². The molecule has 0 saturated carbocycles.